The van der Waals surface area contributed by atoms with E-state index in [1.165, 1.54) is 38.8 Å². The minimum atomic E-state index is 0.0598. The molecule has 0 aromatic carbocycles. The van der Waals surface area contributed by atoms with E-state index in [1.54, 1.807) is 0 Å². The van der Waals surface area contributed by atoms with E-state index in [2.05, 4.69) is 22.5 Å². The first-order valence-electron chi connectivity index (χ1n) is 7.99. The van der Waals surface area contributed by atoms with Crippen molar-refractivity contribution >= 4 is 5.91 Å². The third-order valence-corrected chi connectivity index (χ3v) is 4.45. The molecular weight excluding hydrogens is 238 g/mol. The van der Waals surface area contributed by atoms with Crippen LogP contribution in [0.25, 0.3) is 0 Å². The van der Waals surface area contributed by atoms with Gasteiger partial charge in [-0.3, -0.25) is 4.79 Å². The van der Waals surface area contributed by atoms with E-state index in [-0.39, 0.29) is 11.9 Å². The molecule has 2 saturated heterocycles. The quantitative estimate of drug-likeness (QED) is 0.739. The summed E-state index contributed by atoms with van der Waals surface area (Å²) < 4.78 is 0. The van der Waals surface area contributed by atoms with E-state index in [1.807, 2.05) is 0 Å². The average Bonchev–Trinajstić information content (AvgIpc) is 2.46. The van der Waals surface area contributed by atoms with Gasteiger partial charge in [-0.05, 0) is 64.2 Å². The second-order valence-electron chi connectivity index (χ2n) is 6.17. The van der Waals surface area contributed by atoms with Crippen molar-refractivity contribution in [1.29, 1.82) is 0 Å². The van der Waals surface area contributed by atoms with Crippen LogP contribution in [0.3, 0.4) is 0 Å². The minimum Gasteiger partial charge on any atom is -0.355 e. The van der Waals surface area contributed by atoms with Gasteiger partial charge in [-0.1, -0.05) is 13.3 Å². The number of carbonyl (C=O) groups is 1. The normalized spacial score (nSPS) is 26.3. The van der Waals surface area contributed by atoms with Crippen LogP contribution in [0.2, 0.25) is 0 Å². The lowest BCUT2D eigenvalue weighted by atomic mass is 9.99. The molecule has 1 atom stereocenters. The fourth-order valence-corrected chi connectivity index (χ4v) is 3.00. The van der Waals surface area contributed by atoms with E-state index in [0.717, 1.165) is 38.4 Å². The van der Waals surface area contributed by atoms with Gasteiger partial charge in [0.1, 0.15) is 0 Å². The Balaban J connectivity index is 1.52. The third kappa shape index (κ3) is 5.11. The molecule has 2 N–H and O–H groups in total. The Morgan fingerprint density at radius 2 is 2.05 bits per heavy atom. The van der Waals surface area contributed by atoms with Crippen LogP contribution in [0, 0.1) is 5.92 Å². The lowest BCUT2D eigenvalue weighted by Gasteiger charge is -2.30. The maximum Gasteiger partial charge on any atom is 0.237 e. The highest BCUT2D eigenvalue weighted by Gasteiger charge is 2.20. The molecular formula is C15H29N3O. The van der Waals surface area contributed by atoms with E-state index < -0.39 is 0 Å². The molecule has 2 heterocycles. The summed E-state index contributed by atoms with van der Waals surface area (Å²) in [5, 5.41) is 6.36. The maximum absolute atomic E-state index is 11.9. The molecule has 0 unspecified atom stereocenters. The highest BCUT2D eigenvalue weighted by molar-refractivity contribution is 5.81. The molecule has 0 saturated carbocycles. The van der Waals surface area contributed by atoms with Crippen LogP contribution in [0.1, 0.15) is 45.4 Å². The molecule has 2 aliphatic heterocycles. The Morgan fingerprint density at radius 3 is 2.74 bits per heavy atom. The van der Waals surface area contributed by atoms with Gasteiger partial charge >= 0.3 is 0 Å². The number of rotatable bonds is 5. The van der Waals surface area contributed by atoms with Crippen LogP contribution >= 0.6 is 0 Å². The Kier molecular flexibility index (Phi) is 6.11. The third-order valence-electron chi connectivity index (χ3n) is 4.45. The summed E-state index contributed by atoms with van der Waals surface area (Å²) in [4.78, 5) is 14.4. The van der Waals surface area contributed by atoms with Crippen LogP contribution in [0.15, 0.2) is 0 Å². The molecule has 4 heteroatoms. The Labute approximate surface area is 117 Å². The topological polar surface area (TPSA) is 44.4 Å². The van der Waals surface area contributed by atoms with Crippen molar-refractivity contribution in [3.05, 3.63) is 0 Å². The summed E-state index contributed by atoms with van der Waals surface area (Å²) in [6.07, 6.45) is 7.12. The molecule has 2 aliphatic rings. The monoisotopic (exact) mass is 267 g/mol. The standard InChI is InChI=1S/C15H29N3O/c1-13-6-11-18(12-7-13)10-4-9-17-15(19)14-5-2-3-8-16-14/h13-14,16H,2-12H2,1H3,(H,17,19)/t14-/m0/s1. The number of carbonyl (C=O) groups excluding carboxylic acids is 1. The van der Waals surface area contributed by atoms with Gasteiger partial charge in [0.05, 0.1) is 6.04 Å². The van der Waals surface area contributed by atoms with Crippen molar-refractivity contribution in [1.82, 2.24) is 15.5 Å². The van der Waals surface area contributed by atoms with Crippen molar-refractivity contribution in [3.8, 4) is 0 Å². The summed E-state index contributed by atoms with van der Waals surface area (Å²) in [7, 11) is 0. The van der Waals surface area contributed by atoms with Crippen molar-refractivity contribution in [2.24, 2.45) is 5.92 Å². The van der Waals surface area contributed by atoms with Crippen molar-refractivity contribution in [2.75, 3.05) is 32.7 Å². The number of hydrogen-bond acceptors (Lipinski definition) is 3. The number of nitrogens with one attached hydrogen (secondary N) is 2. The highest BCUT2D eigenvalue weighted by Crippen LogP contribution is 2.15. The molecule has 4 nitrogen and oxygen atoms in total. The zero-order valence-corrected chi connectivity index (χ0v) is 12.3. The van der Waals surface area contributed by atoms with E-state index >= 15 is 0 Å². The van der Waals surface area contributed by atoms with Gasteiger partial charge in [0.25, 0.3) is 0 Å². The summed E-state index contributed by atoms with van der Waals surface area (Å²) in [6.45, 7) is 7.76. The molecule has 0 aliphatic carbocycles. The van der Waals surface area contributed by atoms with Crippen LogP contribution in [-0.2, 0) is 4.79 Å². The molecule has 0 radical (unpaired) electrons. The SMILES string of the molecule is CC1CCN(CCCNC(=O)[C@@H]2CCCCN2)CC1. The van der Waals surface area contributed by atoms with E-state index in [0.29, 0.717) is 0 Å². The Morgan fingerprint density at radius 1 is 1.26 bits per heavy atom. The van der Waals surface area contributed by atoms with Crippen molar-refractivity contribution in [3.63, 3.8) is 0 Å². The van der Waals surface area contributed by atoms with Crippen LogP contribution in [-0.4, -0.2) is 49.6 Å². The first-order valence-corrected chi connectivity index (χ1v) is 7.99. The Hall–Kier alpha value is -0.610. The molecule has 110 valence electrons. The fraction of sp³-hybridized carbons (Fsp3) is 0.933. The first kappa shape index (κ1) is 14.8. The second-order valence-corrected chi connectivity index (χ2v) is 6.17. The van der Waals surface area contributed by atoms with E-state index in [9.17, 15) is 4.79 Å². The van der Waals surface area contributed by atoms with Crippen molar-refractivity contribution < 1.29 is 4.79 Å². The Bertz CT molecular complexity index is 269. The van der Waals surface area contributed by atoms with Gasteiger partial charge in [-0.15, -0.1) is 0 Å². The number of amides is 1. The number of nitrogens with zero attached hydrogens (tertiary/aromatic N) is 1. The van der Waals surface area contributed by atoms with Gasteiger partial charge in [-0.2, -0.15) is 0 Å². The van der Waals surface area contributed by atoms with Crippen LogP contribution in [0.5, 0.6) is 0 Å². The number of hydrogen-bond donors (Lipinski definition) is 2. The van der Waals surface area contributed by atoms with Crippen LogP contribution in [0.4, 0.5) is 0 Å². The van der Waals surface area contributed by atoms with Gasteiger partial charge in [-0.25, -0.2) is 0 Å². The molecule has 19 heavy (non-hydrogen) atoms. The lowest BCUT2D eigenvalue weighted by molar-refractivity contribution is -0.123. The molecule has 0 aromatic rings. The van der Waals surface area contributed by atoms with E-state index in [4.69, 9.17) is 0 Å². The molecule has 0 bridgehead atoms. The first-order chi connectivity index (χ1) is 9.25. The molecule has 1 amide bonds. The minimum absolute atomic E-state index is 0.0598. The predicted octanol–water partition coefficient (Wildman–Crippen LogP) is 1.37. The molecule has 2 rings (SSSR count). The summed E-state index contributed by atoms with van der Waals surface area (Å²) in [5.41, 5.74) is 0. The smallest absolute Gasteiger partial charge is 0.237 e. The van der Waals surface area contributed by atoms with Crippen molar-refractivity contribution in [2.45, 2.75) is 51.5 Å². The largest absolute Gasteiger partial charge is 0.355 e. The van der Waals surface area contributed by atoms with Crippen LogP contribution < -0.4 is 10.6 Å². The van der Waals surface area contributed by atoms with Gasteiger partial charge < -0.3 is 15.5 Å². The maximum atomic E-state index is 11.9. The van der Waals surface area contributed by atoms with Gasteiger partial charge in [0.2, 0.25) is 5.91 Å². The average molecular weight is 267 g/mol. The molecule has 0 aromatic heterocycles. The van der Waals surface area contributed by atoms with Gasteiger partial charge in [0.15, 0.2) is 0 Å². The molecule has 0 spiro atoms. The summed E-state index contributed by atoms with van der Waals surface area (Å²) in [5.74, 6) is 1.10. The fourth-order valence-electron chi connectivity index (χ4n) is 3.00. The number of likely N-dealkylation sites (tertiary alicyclic amines) is 1. The zero-order valence-electron chi connectivity index (χ0n) is 12.3. The predicted molar refractivity (Wildman–Crippen MR) is 78.1 cm³/mol. The highest BCUT2D eigenvalue weighted by atomic mass is 16.2. The number of piperidine rings is 2. The summed E-state index contributed by atoms with van der Waals surface area (Å²) >= 11 is 0. The lowest BCUT2D eigenvalue weighted by Crippen LogP contribution is -2.47. The van der Waals surface area contributed by atoms with Gasteiger partial charge in [0, 0.05) is 6.54 Å². The summed E-state index contributed by atoms with van der Waals surface area (Å²) in [6, 6.07) is 0.0598. The molecule has 2 fully saturated rings. The second kappa shape index (κ2) is 7.85. The zero-order chi connectivity index (χ0) is 13.5.